The number of rotatable bonds is 3. The van der Waals surface area contributed by atoms with E-state index < -0.39 is 0 Å². The van der Waals surface area contributed by atoms with Gasteiger partial charge in [0.05, 0.1) is 12.8 Å². The summed E-state index contributed by atoms with van der Waals surface area (Å²) in [6.07, 6.45) is 1.70. The average molecular weight is 230 g/mol. The van der Waals surface area contributed by atoms with E-state index in [0.29, 0.717) is 11.6 Å². The Hall–Kier alpha value is -2.07. The van der Waals surface area contributed by atoms with Crippen LogP contribution >= 0.6 is 0 Å². The Kier molecular flexibility index (Phi) is 3.25. The van der Waals surface area contributed by atoms with Crippen molar-refractivity contribution in [3.63, 3.8) is 0 Å². The first-order chi connectivity index (χ1) is 8.26. The lowest BCUT2D eigenvalue weighted by Gasteiger charge is -2.10. The molecule has 1 aromatic carbocycles. The van der Waals surface area contributed by atoms with E-state index in [9.17, 15) is 0 Å². The van der Waals surface area contributed by atoms with Crippen molar-refractivity contribution in [1.29, 1.82) is 0 Å². The van der Waals surface area contributed by atoms with Crippen LogP contribution < -0.4 is 10.2 Å². The van der Waals surface area contributed by atoms with Crippen LogP contribution in [0.5, 0.6) is 5.88 Å². The number of nitrogens with zero attached hydrogens (tertiary/aromatic N) is 1. The topological polar surface area (TPSA) is 54.4 Å². The second-order valence-corrected chi connectivity index (χ2v) is 3.68. The molecule has 4 heteroatoms. The molecule has 1 aromatic heterocycles. The van der Waals surface area contributed by atoms with Gasteiger partial charge >= 0.3 is 0 Å². The lowest BCUT2D eigenvalue weighted by Crippen LogP contribution is -1.95. The summed E-state index contributed by atoms with van der Waals surface area (Å²) >= 11 is 0. The molecular weight excluding hydrogens is 216 g/mol. The first-order valence-corrected chi connectivity index (χ1v) is 5.26. The standard InChI is InChI=1S/C13H14N2O2/c1-9-11(4-3-5-12(9)15-16)10-6-7-14-13(8-10)17-2/h3-8,15-16H,1-2H3. The summed E-state index contributed by atoms with van der Waals surface area (Å²) in [6.45, 7) is 1.95. The molecule has 0 aliphatic rings. The Morgan fingerprint density at radius 3 is 2.82 bits per heavy atom. The highest BCUT2D eigenvalue weighted by atomic mass is 16.5. The lowest BCUT2D eigenvalue weighted by atomic mass is 10.0. The van der Waals surface area contributed by atoms with Crippen molar-refractivity contribution in [2.45, 2.75) is 6.92 Å². The molecule has 88 valence electrons. The molecule has 0 aliphatic heterocycles. The normalized spacial score (nSPS) is 10.1. The number of nitrogens with one attached hydrogen (secondary N) is 1. The van der Waals surface area contributed by atoms with Gasteiger partial charge in [0.25, 0.3) is 0 Å². The smallest absolute Gasteiger partial charge is 0.213 e. The van der Waals surface area contributed by atoms with Gasteiger partial charge in [-0.2, -0.15) is 0 Å². The SMILES string of the molecule is COc1cc(-c2cccc(NO)c2C)ccn1. The van der Waals surface area contributed by atoms with Gasteiger partial charge in [-0.1, -0.05) is 12.1 Å². The molecule has 0 unspecified atom stereocenters. The first-order valence-electron chi connectivity index (χ1n) is 5.26. The number of aromatic nitrogens is 1. The molecule has 0 amide bonds. The number of hydrogen-bond donors (Lipinski definition) is 2. The van der Waals surface area contributed by atoms with E-state index in [-0.39, 0.29) is 0 Å². The Morgan fingerprint density at radius 1 is 1.29 bits per heavy atom. The summed E-state index contributed by atoms with van der Waals surface area (Å²) in [5.74, 6) is 0.573. The fraction of sp³-hybridized carbons (Fsp3) is 0.154. The maximum Gasteiger partial charge on any atom is 0.213 e. The zero-order valence-electron chi connectivity index (χ0n) is 9.77. The van der Waals surface area contributed by atoms with E-state index in [1.54, 1.807) is 13.3 Å². The second kappa shape index (κ2) is 4.84. The summed E-state index contributed by atoms with van der Waals surface area (Å²) in [4.78, 5) is 4.07. The summed E-state index contributed by atoms with van der Waals surface area (Å²) in [5, 5.41) is 9.00. The van der Waals surface area contributed by atoms with Gasteiger partial charge in [0.15, 0.2) is 0 Å². The van der Waals surface area contributed by atoms with Gasteiger partial charge in [-0.05, 0) is 35.7 Å². The number of benzene rings is 1. The number of hydrogen-bond acceptors (Lipinski definition) is 4. The number of methoxy groups -OCH3 is 1. The fourth-order valence-electron chi connectivity index (χ4n) is 1.76. The van der Waals surface area contributed by atoms with Crippen molar-refractivity contribution in [2.24, 2.45) is 0 Å². The van der Waals surface area contributed by atoms with Crippen LogP contribution in [0.15, 0.2) is 36.5 Å². The Morgan fingerprint density at radius 2 is 2.12 bits per heavy atom. The molecule has 4 nitrogen and oxygen atoms in total. The summed E-state index contributed by atoms with van der Waals surface area (Å²) in [5.41, 5.74) is 5.89. The highest BCUT2D eigenvalue weighted by molar-refractivity contribution is 5.73. The number of anilines is 1. The average Bonchev–Trinajstić information content (AvgIpc) is 2.39. The molecule has 2 aromatic rings. The number of ether oxygens (including phenoxy) is 1. The molecule has 0 bridgehead atoms. The van der Waals surface area contributed by atoms with Crippen LogP contribution in [0.4, 0.5) is 5.69 Å². The zero-order valence-corrected chi connectivity index (χ0v) is 9.77. The van der Waals surface area contributed by atoms with Crippen LogP contribution in [0.2, 0.25) is 0 Å². The highest BCUT2D eigenvalue weighted by Gasteiger charge is 2.06. The van der Waals surface area contributed by atoms with E-state index in [0.717, 1.165) is 16.7 Å². The molecule has 0 fully saturated rings. The zero-order chi connectivity index (χ0) is 12.3. The van der Waals surface area contributed by atoms with Crippen LogP contribution in [0.25, 0.3) is 11.1 Å². The Labute approximate surface area is 99.8 Å². The molecule has 0 aliphatic carbocycles. The van der Waals surface area contributed by atoms with Gasteiger partial charge in [0.1, 0.15) is 0 Å². The molecule has 0 saturated heterocycles. The minimum absolute atomic E-state index is 0.573. The van der Waals surface area contributed by atoms with Gasteiger partial charge in [0.2, 0.25) is 5.88 Å². The van der Waals surface area contributed by atoms with Gasteiger partial charge in [-0.3, -0.25) is 10.7 Å². The van der Waals surface area contributed by atoms with Gasteiger partial charge in [0, 0.05) is 12.3 Å². The van der Waals surface area contributed by atoms with Crippen molar-refractivity contribution in [3.05, 3.63) is 42.1 Å². The molecule has 0 radical (unpaired) electrons. The third kappa shape index (κ3) is 2.21. The predicted octanol–water partition coefficient (Wildman–Crippen LogP) is 2.87. The molecule has 0 spiro atoms. The molecule has 2 N–H and O–H groups in total. The first kappa shape index (κ1) is 11.4. The van der Waals surface area contributed by atoms with Crippen molar-refractivity contribution in [2.75, 3.05) is 12.6 Å². The quantitative estimate of drug-likeness (QED) is 0.796. The maximum absolute atomic E-state index is 9.00. The van der Waals surface area contributed by atoms with Crippen LogP contribution in [-0.2, 0) is 0 Å². The Bertz CT molecular complexity index is 527. The molecule has 1 heterocycles. The largest absolute Gasteiger partial charge is 0.481 e. The molecular formula is C13H14N2O2. The Balaban J connectivity index is 2.52. The van der Waals surface area contributed by atoms with Gasteiger partial charge in [-0.15, -0.1) is 0 Å². The van der Waals surface area contributed by atoms with E-state index >= 15 is 0 Å². The fourth-order valence-corrected chi connectivity index (χ4v) is 1.76. The molecule has 17 heavy (non-hydrogen) atoms. The monoisotopic (exact) mass is 230 g/mol. The van der Waals surface area contributed by atoms with Crippen molar-refractivity contribution in [1.82, 2.24) is 4.98 Å². The lowest BCUT2D eigenvalue weighted by molar-refractivity contribution is 0.388. The van der Waals surface area contributed by atoms with Crippen LogP contribution in [0, 0.1) is 6.92 Å². The third-order valence-corrected chi connectivity index (χ3v) is 2.71. The van der Waals surface area contributed by atoms with Crippen LogP contribution in [-0.4, -0.2) is 17.3 Å². The maximum atomic E-state index is 9.00. The van der Waals surface area contributed by atoms with E-state index in [2.05, 4.69) is 10.5 Å². The van der Waals surface area contributed by atoms with Crippen LogP contribution in [0.3, 0.4) is 0 Å². The van der Waals surface area contributed by atoms with Crippen molar-refractivity contribution in [3.8, 4) is 17.0 Å². The third-order valence-electron chi connectivity index (χ3n) is 2.71. The van der Waals surface area contributed by atoms with Gasteiger partial charge in [-0.25, -0.2) is 4.98 Å². The summed E-state index contributed by atoms with van der Waals surface area (Å²) in [6, 6.07) is 9.46. The van der Waals surface area contributed by atoms with E-state index in [4.69, 9.17) is 9.94 Å². The van der Waals surface area contributed by atoms with Crippen LogP contribution in [0.1, 0.15) is 5.56 Å². The highest BCUT2D eigenvalue weighted by Crippen LogP contribution is 2.29. The molecule has 2 rings (SSSR count). The summed E-state index contributed by atoms with van der Waals surface area (Å²) in [7, 11) is 1.59. The minimum atomic E-state index is 0.573. The van der Waals surface area contributed by atoms with Gasteiger partial charge < -0.3 is 4.74 Å². The van der Waals surface area contributed by atoms with E-state index in [1.165, 1.54) is 0 Å². The number of pyridine rings is 1. The van der Waals surface area contributed by atoms with E-state index in [1.807, 2.05) is 37.3 Å². The minimum Gasteiger partial charge on any atom is -0.481 e. The van der Waals surface area contributed by atoms with Crippen molar-refractivity contribution >= 4 is 5.69 Å². The second-order valence-electron chi connectivity index (χ2n) is 3.68. The predicted molar refractivity (Wildman–Crippen MR) is 66.4 cm³/mol. The summed E-state index contributed by atoms with van der Waals surface area (Å²) < 4.78 is 5.10. The molecule has 0 saturated carbocycles. The molecule has 0 atom stereocenters. The van der Waals surface area contributed by atoms with Crippen molar-refractivity contribution < 1.29 is 9.94 Å².